The number of unbranched alkanes of at least 4 members (excludes halogenated alkanes) is 2. The minimum atomic E-state index is -0.178. The van der Waals surface area contributed by atoms with Crippen molar-refractivity contribution in [3.63, 3.8) is 0 Å². The normalized spacial score (nSPS) is 23.3. The smallest absolute Gasteiger partial charge is 0.221 e. The highest BCUT2D eigenvalue weighted by molar-refractivity contribution is 5.80. The van der Waals surface area contributed by atoms with Crippen LogP contribution in [0.25, 0.3) is 0 Å². The largest absolute Gasteiger partial charge is 0.369 e. The van der Waals surface area contributed by atoms with E-state index in [0.717, 1.165) is 38.6 Å². The maximum Gasteiger partial charge on any atom is 0.221 e. The van der Waals surface area contributed by atoms with Crippen LogP contribution in [0.4, 0.5) is 0 Å². The average Bonchev–Trinajstić information content (AvgIpc) is 3.02. The Morgan fingerprint density at radius 1 is 1.50 bits per heavy atom. The fraction of sp³-hybridized carbons (Fsp3) is 0.667. The van der Waals surface area contributed by atoms with Gasteiger partial charge in [0.05, 0.1) is 0 Å². The van der Waals surface area contributed by atoms with Crippen LogP contribution in [0.3, 0.4) is 0 Å². The zero-order chi connectivity index (χ0) is 12.0. The molecule has 2 amide bonds. The standard InChI is InChI=1S/C12H20N2O2/c1-14(9-15)7-5-3-2-4-6-10-8-11(10)12(13)16/h4,6,9-11H,2-3,5,7-8H2,1H3,(H2,13,16)/b6-4-/t10-,11+/m1/s1. The summed E-state index contributed by atoms with van der Waals surface area (Å²) in [7, 11) is 1.78. The minimum Gasteiger partial charge on any atom is -0.369 e. The van der Waals surface area contributed by atoms with Crippen LogP contribution in [0.1, 0.15) is 25.7 Å². The summed E-state index contributed by atoms with van der Waals surface area (Å²) in [5, 5.41) is 0. The summed E-state index contributed by atoms with van der Waals surface area (Å²) in [6, 6.07) is 0. The summed E-state index contributed by atoms with van der Waals surface area (Å²) in [6.45, 7) is 0.810. The van der Waals surface area contributed by atoms with Gasteiger partial charge in [-0.15, -0.1) is 0 Å². The Labute approximate surface area is 96.5 Å². The molecule has 90 valence electrons. The summed E-state index contributed by atoms with van der Waals surface area (Å²) >= 11 is 0. The second-order valence-electron chi connectivity index (χ2n) is 4.42. The van der Waals surface area contributed by atoms with Crippen molar-refractivity contribution in [3.05, 3.63) is 12.2 Å². The van der Waals surface area contributed by atoms with Crippen molar-refractivity contribution in [1.29, 1.82) is 0 Å². The Balaban J connectivity index is 1.98. The molecule has 2 N–H and O–H groups in total. The molecule has 1 aliphatic carbocycles. The minimum absolute atomic E-state index is 0.0810. The highest BCUT2D eigenvalue weighted by Gasteiger charge is 2.39. The Morgan fingerprint density at radius 2 is 2.25 bits per heavy atom. The number of nitrogens with two attached hydrogens (primary N) is 1. The van der Waals surface area contributed by atoms with Gasteiger partial charge < -0.3 is 10.6 Å². The zero-order valence-electron chi connectivity index (χ0n) is 9.76. The van der Waals surface area contributed by atoms with Crippen molar-refractivity contribution in [1.82, 2.24) is 4.90 Å². The highest BCUT2D eigenvalue weighted by atomic mass is 16.1. The number of nitrogens with zero attached hydrogens (tertiary/aromatic N) is 1. The van der Waals surface area contributed by atoms with Crippen LogP contribution in [0, 0.1) is 11.8 Å². The predicted molar refractivity (Wildman–Crippen MR) is 62.5 cm³/mol. The summed E-state index contributed by atoms with van der Waals surface area (Å²) in [6.07, 6.45) is 9.07. The van der Waals surface area contributed by atoms with Crippen LogP contribution in [0.2, 0.25) is 0 Å². The molecule has 0 unspecified atom stereocenters. The van der Waals surface area contributed by atoms with Gasteiger partial charge in [-0.1, -0.05) is 12.2 Å². The summed E-state index contributed by atoms with van der Waals surface area (Å²) in [5.41, 5.74) is 5.18. The summed E-state index contributed by atoms with van der Waals surface area (Å²) in [4.78, 5) is 22.7. The van der Waals surface area contributed by atoms with Gasteiger partial charge in [-0.2, -0.15) is 0 Å². The van der Waals surface area contributed by atoms with E-state index in [-0.39, 0.29) is 11.8 Å². The van der Waals surface area contributed by atoms with Crippen LogP contribution in [-0.4, -0.2) is 30.8 Å². The van der Waals surface area contributed by atoms with E-state index in [9.17, 15) is 9.59 Å². The van der Waals surface area contributed by atoms with Crippen molar-refractivity contribution in [2.24, 2.45) is 17.6 Å². The van der Waals surface area contributed by atoms with Gasteiger partial charge in [0.15, 0.2) is 0 Å². The average molecular weight is 224 g/mol. The molecular weight excluding hydrogens is 204 g/mol. The van der Waals surface area contributed by atoms with Crippen molar-refractivity contribution >= 4 is 12.3 Å². The molecule has 0 saturated heterocycles. The van der Waals surface area contributed by atoms with Gasteiger partial charge in [0.25, 0.3) is 0 Å². The third kappa shape index (κ3) is 4.47. The second-order valence-corrected chi connectivity index (χ2v) is 4.42. The van der Waals surface area contributed by atoms with E-state index < -0.39 is 0 Å². The van der Waals surface area contributed by atoms with Crippen molar-refractivity contribution in [2.75, 3.05) is 13.6 Å². The van der Waals surface area contributed by atoms with Gasteiger partial charge >= 0.3 is 0 Å². The number of carbonyl (C=O) groups is 2. The maximum atomic E-state index is 10.8. The summed E-state index contributed by atoms with van der Waals surface area (Å²) in [5.74, 6) is 0.287. The highest BCUT2D eigenvalue weighted by Crippen LogP contribution is 2.39. The van der Waals surface area contributed by atoms with E-state index >= 15 is 0 Å². The van der Waals surface area contributed by atoms with Gasteiger partial charge in [0, 0.05) is 19.5 Å². The molecule has 0 bridgehead atoms. The number of hydrogen-bond acceptors (Lipinski definition) is 2. The Hall–Kier alpha value is -1.32. The Kier molecular flexibility index (Phi) is 5.02. The van der Waals surface area contributed by atoms with Gasteiger partial charge in [-0.3, -0.25) is 9.59 Å². The number of rotatable bonds is 8. The molecule has 0 aromatic carbocycles. The van der Waals surface area contributed by atoms with E-state index in [1.165, 1.54) is 0 Å². The molecule has 0 aromatic rings. The molecule has 0 heterocycles. The molecule has 0 aliphatic heterocycles. The summed E-state index contributed by atoms with van der Waals surface area (Å²) < 4.78 is 0. The van der Waals surface area contributed by atoms with Crippen LogP contribution in [0.15, 0.2) is 12.2 Å². The van der Waals surface area contributed by atoms with Crippen LogP contribution >= 0.6 is 0 Å². The monoisotopic (exact) mass is 224 g/mol. The van der Waals surface area contributed by atoms with Gasteiger partial charge in [-0.05, 0) is 31.6 Å². The van der Waals surface area contributed by atoms with Crippen molar-refractivity contribution in [2.45, 2.75) is 25.7 Å². The van der Waals surface area contributed by atoms with Crippen LogP contribution < -0.4 is 5.73 Å². The number of primary amides is 1. The topological polar surface area (TPSA) is 63.4 Å². The van der Waals surface area contributed by atoms with Crippen molar-refractivity contribution < 1.29 is 9.59 Å². The first-order valence-corrected chi connectivity index (χ1v) is 5.76. The third-order valence-corrected chi connectivity index (χ3v) is 2.90. The maximum absolute atomic E-state index is 10.8. The molecule has 0 radical (unpaired) electrons. The molecule has 16 heavy (non-hydrogen) atoms. The Bertz CT molecular complexity index is 276. The lowest BCUT2D eigenvalue weighted by Crippen LogP contribution is -2.16. The molecule has 0 aromatic heterocycles. The molecule has 1 fully saturated rings. The van der Waals surface area contributed by atoms with Crippen molar-refractivity contribution in [3.8, 4) is 0 Å². The number of amides is 2. The van der Waals surface area contributed by atoms with Crippen LogP contribution in [0.5, 0.6) is 0 Å². The van der Waals surface area contributed by atoms with Gasteiger partial charge in [-0.25, -0.2) is 0 Å². The lowest BCUT2D eigenvalue weighted by Gasteiger charge is -2.08. The molecule has 1 aliphatic rings. The van der Waals surface area contributed by atoms with E-state index in [0.29, 0.717) is 5.92 Å². The lowest BCUT2D eigenvalue weighted by molar-refractivity contribution is -0.119. The van der Waals surface area contributed by atoms with E-state index in [4.69, 9.17) is 5.73 Å². The number of carbonyl (C=O) groups excluding carboxylic acids is 2. The quantitative estimate of drug-likeness (QED) is 0.378. The first-order chi connectivity index (χ1) is 7.65. The number of allylic oxidation sites excluding steroid dienone is 2. The molecule has 2 atom stereocenters. The van der Waals surface area contributed by atoms with Gasteiger partial charge in [0.2, 0.25) is 12.3 Å². The fourth-order valence-corrected chi connectivity index (χ4v) is 1.70. The van der Waals surface area contributed by atoms with E-state index in [1.54, 1.807) is 11.9 Å². The zero-order valence-corrected chi connectivity index (χ0v) is 9.76. The lowest BCUT2D eigenvalue weighted by atomic mass is 10.2. The molecule has 1 saturated carbocycles. The first kappa shape index (κ1) is 12.7. The van der Waals surface area contributed by atoms with E-state index in [1.807, 2.05) is 0 Å². The van der Waals surface area contributed by atoms with Gasteiger partial charge in [0.1, 0.15) is 0 Å². The molecule has 1 rings (SSSR count). The first-order valence-electron chi connectivity index (χ1n) is 5.76. The molecule has 4 nitrogen and oxygen atoms in total. The molecule has 0 spiro atoms. The predicted octanol–water partition coefficient (Wildman–Crippen LogP) is 0.922. The molecular formula is C12H20N2O2. The van der Waals surface area contributed by atoms with Crippen LogP contribution in [-0.2, 0) is 9.59 Å². The fourth-order valence-electron chi connectivity index (χ4n) is 1.70. The Morgan fingerprint density at radius 3 is 2.81 bits per heavy atom. The molecule has 4 heteroatoms. The second kappa shape index (κ2) is 6.30. The van der Waals surface area contributed by atoms with E-state index in [2.05, 4.69) is 12.2 Å². The third-order valence-electron chi connectivity index (χ3n) is 2.90. The SMILES string of the molecule is CN(C=O)CCCC/C=C\[C@@H]1C[C@@H]1C(N)=O. The number of hydrogen-bond donors (Lipinski definition) is 1.